The van der Waals surface area contributed by atoms with E-state index in [4.69, 9.17) is 0 Å². The lowest BCUT2D eigenvalue weighted by molar-refractivity contribution is -0.127. The molecule has 0 aliphatic carbocycles. The number of carbonyl (C=O) groups is 2. The number of aliphatic hydroxyl groups excluding tert-OH is 1. The summed E-state index contributed by atoms with van der Waals surface area (Å²) in [6.07, 6.45) is 1.38. The average Bonchev–Trinajstić information content (AvgIpc) is 2.44. The van der Waals surface area contributed by atoms with Gasteiger partial charge in [0.2, 0.25) is 5.91 Å². The molecular formula is C16H21NO3. The Balaban J connectivity index is 2.28. The highest BCUT2D eigenvalue weighted by Gasteiger charge is 2.28. The molecule has 0 spiro atoms. The molecule has 0 aromatic heterocycles. The van der Waals surface area contributed by atoms with Crippen LogP contribution in [0.5, 0.6) is 0 Å². The molecule has 2 atom stereocenters. The number of likely N-dealkylation sites (N-methyl/N-ethyl adjacent to an activating group) is 1. The first-order valence-electron chi connectivity index (χ1n) is 7.05. The van der Waals surface area contributed by atoms with Gasteiger partial charge in [-0.05, 0) is 29.5 Å². The average molecular weight is 275 g/mol. The molecule has 0 saturated heterocycles. The van der Waals surface area contributed by atoms with E-state index in [9.17, 15) is 14.7 Å². The van der Waals surface area contributed by atoms with Crippen LogP contribution >= 0.6 is 0 Å². The molecule has 108 valence electrons. The van der Waals surface area contributed by atoms with Crippen molar-refractivity contribution in [1.82, 2.24) is 4.90 Å². The van der Waals surface area contributed by atoms with Crippen LogP contribution in [0.15, 0.2) is 18.2 Å². The van der Waals surface area contributed by atoms with E-state index in [0.717, 1.165) is 22.4 Å². The summed E-state index contributed by atoms with van der Waals surface area (Å²) >= 11 is 0. The topological polar surface area (TPSA) is 57.6 Å². The fourth-order valence-electron chi connectivity index (χ4n) is 2.41. The van der Waals surface area contributed by atoms with E-state index in [1.54, 1.807) is 12.1 Å². The summed E-state index contributed by atoms with van der Waals surface area (Å²) in [4.78, 5) is 24.9. The van der Waals surface area contributed by atoms with Crippen molar-refractivity contribution >= 4 is 11.8 Å². The van der Waals surface area contributed by atoms with Gasteiger partial charge < -0.3 is 5.11 Å². The van der Waals surface area contributed by atoms with E-state index >= 15 is 0 Å². The van der Waals surface area contributed by atoms with Crippen molar-refractivity contribution < 1.29 is 14.7 Å². The SMILES string of the molecule is CCC(C)CC(O)c1ccc2c(c1)C(=O)N(C)C(=O)C2. The van der Waals surface area contributed by atoms with Gasteiger partial charge in [0.05, 0.1) is 12.5 Å². The number of amides is 2. The first-order chi connectivity index (χ1) is 9.43. The molecule has 0 bridgehead atoms. The van der Waals surface area contributed by atoms with Crippen LogP contribution in [0.4, 0.5) is 0 Å². The Morgan fingerprint density at radius 1 is 1.35 bits per heavy atom. The van der Waals surface area contributed by atoms with E-state index in [1.165, 1.54) is 7.05 Å². The molecule has 1 aromatic carbocycles. The van der Waals surface area contributed by atoms with Gasteiger partial charge in [0.15, 0.2) is 0 Å². The van der Waals surface area contributed by atoms with Crippen LogP contribution in [-0.2, 0) is 11.2 Å². The Hall–Kier alpha value is -1.68. The molecule has 4 heteroatoms. The highest BCUT2D eigenvalue weighted by Crippen LogP contribution is 2.27. The number of rotatable bonds is 4. The molecule has 1 heterocycles. The number of imide groups is 1. The molecular weight excluding hydrogens is 254 g/mol. The summed E-state index contributed by atoms with van der Waals surface area (Å²) in [6.45, 7) is 4.19. The number of hydrogen-bond donors (Lipinski definition) is 1. The van der Waals surface area contributed by atoms with Gasteiger partial charge in [0.1, 0.15) is 0 Å². The minimum atomic E-state index is -0.564. The first kappa shape index (κ1) is 14.7. The summed E-state index contributed by atoms with van der Waals surface area (Å²) in [7, 11) is 1.50. The smallest absolute Gasteiger partial charge is 0.260 e. The van der Waals surface area contributed by atoms with Crippen molar-refractivity contribution in [2.24, 2.45) is 5.92 Å². The molecule has 2 amide bonds. The van der Waals surface area contributed by atoms with E-state index in [-0.39, 0.29) is 18.2 Å². The van der Waals surface area contributed by atoms with E-state index in [2.05, 4.69) is 13.8 Å². The molecule has 0 fully saturated rings. The van der Waals surface area contributed by atoms with Gasteiger partial charge in [0, 0.05) is 12.6 Å². The second-order valence-corrected chi connectivity index (χ2v) is 5.62. The zero-order valence-corrected chi connectivity index (χ0v) is 12.2. The quantitative estimate of drug-likeness (QED) is 0.858. The van der Waals surface area contributed by atoms with Crippen molar-refractivity contribution in [3.8, 4) is 0 Å². The second kappa shape index (κ2) is 5.75. The maximum absolute atomic E-state index is 12.1. The molecule has 1 aliphatic rings. The van der Waals surface area contributed by atoms with Crippen LogP contribution < -0.4 is 0 Å². The minimum Gasteiger partial charge on any atom is -0.388 e. The molecule has 20 heavy (non-hydrogen) atoms. The fourth-order valence-corrected chi connectivity index (χ4v) is 2.41. The Bertz CT molecular complexity index is 539. The predicted molar refractivity (Wildman–Crippen MR) is 76.3 cm³/mol. The van der Waals surface area contributed by atoms with Gasteiger partial charge in [-0.15, -0.1) is 0 Å². The minimum absolute atomic E-state index is 0.185. The highest BCUT2D eigenvalue weighted by molar-refractivity contribution is 6.09. The van der Waals surface area contributed by atoms with Gasteiger partial charge >= 0.3 is 0 Å². The Morgan fingerprint density at radius 2 is 2.05 bits per heavy atom. The van der Waals surface area contributed by atoms with Gasteiger partial charge in [-0.25, -0.2) is 0 Å². The van der Waals surface area contributed by atoms with Gasteiger partial charge in [-0.2, -0.15) is 0 Å². The third kappa shape index (κ3) is 2.75. The van der Waals surface area contributed by atoms with Crippen LogP contribution in [0.1, 0.15) is 54.3 Å². The zero-order valence-electron chi connectivity index (χ0n) is 12.2. The number of carbonyl (C=O) groups excluding carboxylic acids is 2. The Morgan fingerprint density at radius 3 is 2.70 bits per heavy atom. The monoisotopic (exact) mass is 275 g/mol. The first-order valence-corrected chi connectivity index (χ1v) is 7.05. The summed E-state index contributed by atoms with van der Waals surface area (Å²) in [5, 5.41) is 10.2. The second-order valence-electron chi connectivity index (χ2n) is 5.62. The van der Waals surface area contributed by atoms with Crippen LogP contribution in [0.25, 0.3) is 0 Å². The number of hydrogen-bond acceptors (Lipinski definition) is 3. The van der Waals surface area contributed by atoms with Crippen LogP contribution in [-0.4, -0.2) is 28.9 Å². The molecule has 2 rings (SSSR count). The standard InChI is InChI=1S/C16H21NO3/c1-4-10(2)7-14(18)12-6-5-11-9-15(19)17(3)16(20)13(11)8-12/h5-6,8,10,14,18H,4,7,9H2,1-3H3. The number of fused-ring (bicyclic) bond motifs is 1. The summed E-state index contributed by atoms with van der Waals surface area (Å²) in [5.41, 5.74) is 2.03. The van der Waals surface area contributed by atoms with Crippen LogP contribution in [0.3, 0.4) is 0 Å². The number of nitrogens with zero attached hydrogens (tertiary/aromatic N) is 1. The van der Waals surface area contributed by atoms with E-state index in [1.807, 2.05) is 6.07 Å². The molecule has 0 radical (unpaired) electrons. The lowest BCUT2D eigenvalue weighted by Crippen LogP contribution is -2.39. The summed E-state index contributed by atoms with van der Waals surface area (Å²) in [5.74, 6) is -0.0368. The largest absolute Gasteiger partial charge is 0.388 e. The lowest BCUT2D eigenvalue weighted by atomic mass is 9.91. The molecule has 1 aromatic rings. The maximum atomic E-state index is 12.1. The maximum Gasteiger partial charge on any atom is 0.260 e. The number of benzene rings is 1. The molecule has 4 nitrogen and oxygen atoms in total. The molecule has 0 saturated carbocycles. The summed E-state index contributed by atoms with van der Waals surface area (Å²) < 4.78 is 0. The lowest BCUT2D eigenvalue weighted by Gasteiger charge is -2.24. The normalized spacial score (nSPS) is 17.9. The van der Waals surface area contributed by atoms with Crippen LogP contribution in [0.2, 0.25) is 0 Å². The Labute approximate surface area is 119 Å². The predicted octanol–water partition coefficient (Wildman–Crippen LogP) is 2.31. The molecule has 1 N–H and O–H groups in total. The molecule has 2 unspecified atom stereocenters. The van der Waals surface area contributed by atoms with Crippen LogP contribution in [0, 0.1) is 5.92 Å². The third-order valence-corrected chi connectivity index (χ3v) is 4.09. The van der Waals surface area contributed by atoms with Gasteiger partial charge in [-0.1, -0.05) is 32.4 Å². The van der Waals surface area contributed by atoms with Gasteiger partial charge in [-0.3, -0.25) is 14.5 Å². The van der Waals surface area contributed by atoms with E-state index < -0.39 is 6.10 Å². The van der Waals surface area contributed by atoms with Crippen molar-refractivity contribution in [1.29, 1.82) is 0 Å². The third-order valence-electron chi connectivity index (χ3n) is 4.09. The summed E-state index contributed by atoms with van der Waals surface area (Å²) in [6, 6.07) is 5.33. The van der Waals surface area contributed by atoms with Crippen molar-refractivity contribution in [3.63, 3.8) is 0 Å². The highest BCUT2D eigenvalue weighted by atomic mass is 16.3. The zero-order chi connectivity index (χ0) is 14.9. The van der Waals surface area contributed by atoms with E-state index in [0.29, 0.717) is 17.9 Å². The Kier molecular flexibility index (Phi) is 4.23. The fraction of sp³-hybridized carbons (Fsp3) is 0.500. The van der Waals surface area contributed by atoms with Crippen molar-refractivity contribution in [3.05, 3.63) is 34.9 Å². The van der Waals surface area contributed by atoms with Crippen molar-refractivity contribution in [2.75, 3.05) is 7.05 Å². The van der Waals surface area contributed by atoms with Gasteiger partial charge in [0.25, 0.3) is 5.91 Å². The number of aliphatic hydroxyl groups is 1. The molecule has 1 aliphatic heterocycles. The van der Waals surface area contributed by atoms with Crippen molar-refractivity contribution in [2.45, 2.75) is 39.2 Å².